The van der Waals surface area contributed by atoms with Crippen molar-refractivity contribution in [3.63, 3.8) is 0 Å². The first-order valence-electron chi connectivity index (χ1n) is 4.66. The van der Waals surface area contributed by atoms with Crippen molar-refractivity contribution in [2.24, 2.45) is 0 Å². The Balaban J connectivity index is 2.18. The first-order valence-corrected chi connectivity index (χ1v) is 5.57. The molecule has 0 aromatic heterocycles. The van der Waals surface area contributed by atoms with Crippen molar-refractivity contribution in [1.82, 2.24) is 0 Å². The lowest BCUT2D eigenvalue weighted by Crippen LogP contribution is -2.11. The van der Waals surface area contributed by atoms with E-state index in [1.807, 2.05) is 12.1 Å². The van der Waals surface area contributed by atoms with Crippen LogP contribution >= 0.6 is 15.9 Å². The van der Waals surface area contributed by atoms with Crippen molar-refractivity contribution in [2.45, 2.75) is 29.3 Å². The zero-order valence-electron chi connectivity index (χ0n) is 7.08. The van der Waals surface area contributed by atoms with Crippen LogP contribution in [-0.2, 0) is 0 Å². The molecule has 1 aromatic rings. The number of rotatable bonds is 0. The van der Waals surface area contributed by atoms with E-state index in [9.17, 15) is 4.39 Å². The highest BCUT2D eigenvalue weighted by Crippen LogP contribution is 2.57. The summed E-state index contributed by atoms with van der Waals surface area (Å²) in [5.41, 5.74) is 2.59. The Kier molecular flexibility index (Phi) is 1.58. The highest BCUT2D eigenvalue weighted by Gasteiger charge is 2.50. The van der Waals surface area contributed by atoms with Crippen LogP contribution in [0.25, 0.3) is 0 Å². The number of alkyl halides is 2. The van der Waals surface area contributed by atoms with Crippen molar-refractivity contribution in [3.8, 4) is 0 Å². The number of benzene rings is 1. The van der Waals surface area contributed by atoms with Crippen LogP contribution in [-0.4, -0.2) is 11.0 Å². The second kappa shape index (κ2) is 2.57. The second-order valence-corrected chi connectivity index (χ2v) is 5.01. The van der Waals surface area contributed by atoms with E-state index in [0.29, 0.717) is 17.2 Å². The SMILES string of the molecule is F[C@H]1C[C@@H]2c3ccccc3[C@H]1[C@@H]2Br. The third-order valence-corrected chi connectivity index (χ3v) is 4.56. The van der Waals surface area contributed by atoms with Crippen LogP contribution in [0.4, 0.5) is 4.39 Å². The highest BCUT2D eigenvalue weighted by atomic mass is 79.9. The van der Waals surface area contributed by atoms with E-state index in [2.05, 4.69) is 28.1 Å². The van der Waals surface area contributed by atoms with Crippen LogP contribution in [0, 0.1) is 0 Å². The highest BCUT2D eigenvalue weighted by molar-refractivity contribution is 9.09. The van der Waals surface area contributed by atoms with Gasteiger partial charge in [-0.05, 0) is 17.5 Å². The second-order valence-electron chi connectivity index (χ2n) is 3.96. The largest absolute Gasteiger partial charge is 0.247 e. The van der Waals surface area contributed by atoms with Crippen LogP contribution < -0.4 is 0 Å². The molecule has 1 saturated carbocycles. The molecule has 2 heteroatoms. The predicted molar refractivity (Wildman–Crippen MR) is 54.2 cm³/mol. The zero-order chi connectivity index (χ0) is 9.00. The molecule has 0 aliphatic heterocycles. The number of fused-ring (bicyclic) bond motifs is 5. The topological polar surface area (TPSA) is 0 Å². The van der Waals surface area contributed by atoms with Crippen LogP contribution in [0.15, 0.2) is 24.3 Å². The van der Waals surface area contributed by atoms with Gasteiger partial charge in [-0.1, -0.05) is 40.2 Å². The monoisotopic (exact) mass is 240 g/mol. The molecule has 0 radical (unpaired) electrons. The van der Waals surface area contributed by atoms with E-state index in [1.54, 1.807) is 0 Å². The van der Waals surface area contributed by atoms with Gasteiger partial charge in [-0.15, -0.1) is 0 Å². The molecule has 2 aliphatic rings. The molecular formula is C11H10BrF. The molecule has 13 heavy (non-hydrogen) atoms. The van der Waals surface area contributed by atoms with Crippen molar-refractivity contribution < 1.29 is 4.39 Å². The fourth-order valence-electron chi connectivity index (χ4n) is 2.79. The molecule has 0 amide bonds. The van der Waals surface area contributed by atoms with Gasteiger partial charge < -0.3 is 0 Å². The Bertz CT molecular complexity index is 350. The summed E-state index contributed by atoms with van der Waals surface area (Å²) >= 11 is 3.61. The van der Waals surface area contributed by atoms with Gasteiger partial charge in [0.1, 0.15) is 6.17 Å². The fourth-order valence-corrected chi connectivity index (χ4v) is 3.90. The van der Waals surface area contributed by atoms with E-state index in [-0.39, 0.29) is 5.92 Å². The number of hydrogen-bond acceptors (Lipinski definition) is 0. The van der Waals surface area contributed by atoms with E-state index < -0.39 is 6.17 Å². The van der Waals surface area contributed by atoms with Crippen molar-refractivity contribution in [3.05, 3.63) is 35.4 Å². The quantitative estimate of drug-likeness (QED) is 0.611. The first kappa shape index (κ1) is 7.98. The van der Waals surface area contributed by atoms with Gasteiger partial charge in [0.05, 0.1) is 0 Å². The Labute approximate surface area is 85.3 Å². The van der Waals surface area contributed by atoms with E-state index in [4.69, 9.17) is 0 Å². The van der Waals surface area contributed by atoms with Crippen molar-refractivity contribution in [2.75, 3.05) is 0 Å². The number of hydrogen-bond donors (Lipinski definition) is 0. The summed E-state index contributed by atoms with van der Waals surface area (Å²) in [7, 11) is 0. The normalized spacial score (nSPS) is 40.8. The molecule has 4 atom stereocenters. The van der Waals surface area contributed by atoms with Crippen LogP contribution in [0.2, 0.25) is 0 Å². The summed E-state index contributed by atoms with van der Waals surface area (Å²) < 4.78 is 13.5. The molecular weight excluding hydrogens is 231 g/mol. The molecule has 0 heterocycles. The van der Waals surface area contributed by atoms with E-state index in [0.717, 1.165) is 0 Å². The average Bonchev–Trinajstić information content (AvgIpc) is 2.56. The maximum absolute atomic E-state index is 13.5. The maximum Gasteiger partial charge on any atom is 0.109 e. The number of halogens is 2. The molecule has 1 aromatic carbocycles. The molecule has 2 aliphatic carbocycles. The van der Waals surface area contributed by atoms with Gasteiger partial charge in [-0.2, -0.15) is 0 Å². The maximum atomic E-state index is 13.5. The van der Waals surface area contributed by atoms with Gasteiger partial charge in [0.2, 0.25) is 0 Å². The third-order valence-electron chi connectivity index (χ3n) is 3.35. The lowest BCUT2D eigenvalue weighted by molar-refractivity contribution is 0.304. The molecule has 0 nitrogen and oxygen atoms in total. The average molecular weight is 241 g/mol. The molecule has 3 rings (SSSR count). The minimum atomic E-state index is -0.635. The van der Waals surface area contributed by atoms with Crippen molar-refractivity contribution >= 4 is 15.9 Å². The molecule has 0 unspecified atom stereocenters. The summed E-state index contributed by atoms with van der Waals surface area (Å²) in [5, 5.41) is 0. The Hall–Kier alpha value is -0.370. The molecule has 0 saturated heterocycles. The minimum Gasteiger partial charge on any atom is -0.247 e. The van der Waals surface area contributed by atoms with Gasteiger partial charge in [0, 0.05) is 16.7 Å². The summed E-state index contributed by atoms with van der Waals surface area (Å²) in [6, 6.07) is 8.26. The van der Waals surface area contributed by atoms with E-state index >= 15 is 0 Å². The van der Waals surface area contributed by atoms with Gasteiger partial charge in [-0.25, -0.2) is 4.39 Å². The minimum absolute atomic E-state index is 0.112. The Morgan fingerprint density at radius 3 is 2.69 bits per heavy atom. The molecule has 2 bridgehead atoms. The predicted octanol–water partition coefficient (Wildman–Crippen LogP) is 3.37. The lowest BCUT2D eigenvalue weighted by atomic mass is 9.91. The van der Waals surface area contributed by atoms with Crippen molar-refractivity contribution in [1.29, 1.82) is 0 Å². The van der Waals surface area contributed by atoms with Crippen LogP contribution in [0.1, 0.15) is 29.4 Å². The van der Waals surface area contributed by atoms with Gasteiger partial charge in [-0.3, -0.25) is 0 Å². The molecule has 0 N–H and O–H groups in total. The summed E-state index contributed by atoms with van der Waals surface area (Å²) in [4.78, 5) is 0.333. The van der Waals surface area contributed by atoms with Gasteiger partial charge in [0.15, 0.2) is 0 Å². The van der Waals surface area contributed by atoms with Gasteiger partial charge >= 0.3 is 0 Å². The Morgan fingerprint density at radius 1 is 1.23 bits per heavy atom. The molecule has 1 fully saturated rings. The Morgan fingerprint density at radius 2 is 1.92 bits per heavy atom. The molecule has 0 spiro atoms. The standard InChI is InChI=1S/C11H10BrF/c12-11-8-5-9(13)10(11)7-4-2-1-3-6(7)8/h1-4,8-11H,5H2/t8-,9+,10-,11-/m1/s1. The van der Waals surface area contributed by atoms with Gasteiger partial charge in [0.25, 0.3) is 0 Å². The summed E-state index contributed by atoms with van der Waals surface area (Å²) in [5.74, 6) is 0.525. The lowest BCUT2D eigenvalue weighted by Gasteiger charge is -2.17. The third kappa shape index (κ3) is 0.899. The summed E-state index contributed by atoms with van der Waals surface area (Å²) in [6.45, 7) is 0. The zero-order valence-corrected chi connectivity index (χ0v) is 8.67. The molecule has 68 valence electrons. The smallest absolute Gasteiger partial charge is 0.109 e. The van der Waals surface area contributed by atoms with Crippen LogP contribution in [0.5, 0.6) is 0 Å². The first-order chi connectivity index (χ1) is 6.29. The van der Waals surface area contributed by atoms with Crippen LogP contribution in [0.3, 0.4) is 0 Å². The van der Waals surface area contributed by atoms with E-state index in [1.165, 1.54) is 11.1 Å². The summed E-state index contributed by atoms with van der Waals surface area (Å²) in [6.07, 6.45) is 0.0710. The fraction of sp³-hybridized carbons (Fsp3) is 0.455.